The molecule has 0 aliphatic rings. The summed E-state index contributed by atoms with van der Waals surface area (Å²) in [4.78, 5) is 4.47. The Hall–Kier alpha value is -1.33. The molecule has 0 spiro atoms. The van der Waals surface area contributed by atoms with Gasteiger partial charge in [0.25, 0.3) is 0 Å². The Labute approximate surface area is 127 Å². The number of aliphatic hydroxyl groups is 1. The van der Waals surface area contributed by atoms with E-state index in [1.807, 2.05) is 17.7 Å². The molecule has 1 N–H and O–H groups in total. The lowest BCUT2D eigenvalue weighted by Crippen LogP contribution is -2.03. The van der Waals surface area contributed by atoms with Gasteiger partial charge in [0, 0.05) is 19.0 Å². The molecule has 20 heavy (non-hydrogen) atoms. The van der Waals surface area contributed by atoms with Crippen molar-refractivity contribution >= 4 is 15.9 Å². The summed E-state index contributed by atoms with van der Waals surface area (Å²) in [5.74, 6) is 1.67. The number of nitrogens with zero attached hydrogens (tertiary/aromatic N) is 2. The molecule has 0 unspecified atom stereocenters. The average Bonchev–Trinajstić information content (AvgIpc) is 2.68. The second-order valence-electron chi connectivity index (χ2n) is 4.84. The molecule has 0 amide bonds. The maximum Gasteiger partial charge on any atom is 0.132 e. The van der Waals surface area contributed by atoms with Gasteiger partial charge in [0.05, 0.1) is 19.4 Å². The number of rotatable bonds is 4. The number of hydrogen-bond donors (Lipinski definition) is 1. The van der Waals surface area contributed by atoms with Gasteiger partial charge >= 0.3 is 0 Å². The molecule has 0 saturated carbocycles. The second kappa shape index (κ2) is 5.97. The fraction of sp³-hybridized carbons (Fsp3) is 0.400. The van der Waals surface area contributed by atoms with Crippen LogP contribution in [0.25, 0.3) is 11.3 Å². The third kappa shape index (κ3) is 2.60. The summed E-state index contributed by atoms with van der Waals surface area (Å²) in [5.41, 5.74) is 4.37. The number of methoxy groups -OCH3 is 1. The Morgan fingerprint density at radius 2 is 1.95 bits per heavy atom. The van der Waals surface area contributed by atoms with Gasteiger partial charge in [-0.2, -0.15) is 0 Å². The molecule has 4 nitrogen and oxygen atoms in total. The average molecular weight is 339 g/mol. The molecule has 1 aromatic heterocycles. The van der Waals surface area contributed by atoms with Gasteiger partial charge < -0.3 is 14.4 Å². The summed E-state index contributed by atoms with van der Waals surface area (Å²) in [6.45, 7) is 4.23. The molecule has 0 fully saturated rings. The van der Waals surface area contributed by atoms with E-state index in [0.717, 1.165) is 27.4 Å². The Bertz CT molecular complexity index is 635. The number of ether oxygens (including phenoxy) is 1. The van der Waals surface area contributed by atoms with E-state index < -0.39 is 0 Å². The highest BCUT2D eigenvalue weighted by Crippen LogP contribution is 2.37. The van der Waals surface area contributed by atoms with E-state index in [4.69, 9.17) is 9.84 Å². The topological polar surface area (TPSA) is 47.3 Å². The van der Waals surface area contributed by atoms with Crippen LogP contribution in [0.3, 0.4) is 0 Å². The molecule has 0 aliphatic heterocycles. The third-order valence-electron chi connectivity index (χ3n) is 3.55. The predicted molar refractivity (Wildman–Crippen MR) is 83.2 cm³/mol. The smallest absolute Gasteiger partial charge is 0.132 e. The zero-order chi connectivity index (χ0) is 14.9. The number of halogens is 1. The van der Waals surface area contributed by atoms with Crippen LogP contribution in [0, 0.1) is 13.8 Å². The number of aryl methyl sites for hydroxylation is 2. The van der Waals surface area contributed by atoms with Gasteiger partial charge in [0.15, 0.2) is 0 Å². The van der Waals surface area contributed by atoms with Crippen LogP contribution in [0.1, 0.15) is 17.0 Å². The van der Waals surface area contributed by atoms with Crippen LogP contribution in [0.5, 0.6) is 5.75 Å². The molecule has 0 atom stereocenters. The van der Waals surface area contributed by atoms with E-state index in [2.05, 4.69) is 40.8 Å². The van der Waals surface area contributed by atoms with Crippen LogP contribution in [-0.4, -0.2) is 28.4 Å². The number of hydrogen-bond acceptors (Lipinski definition) is 3. The first-order chi connectivity index (χ1) is 9.49. The van der Waals surface area contributed by atoms with E-state index in [9.17, 15) is 0 Å². The van der Waals surface area contributed by atoms with E-state index in [-0.39, 0.29) is 6.61 Å². The van der Waals surface area contributed by atoms with E-state index in [1.54, 1.807) is 7.11 Å². The zero-order valence-electron chi connectivity index (χ0n) is 12.2. The summed E-state index contributed by atoms with van der Waals surface area (Å²) in [6.07, 6.45) is 0.530. The lowest BCUT2D eigenvalue weighted by atomic mass is 10.0. The van der Waals surface area contributed by atoms with Crippen molar-refractivity contribution in [2.24, 2.45) is 7.05 Å². The molecule has 5 heteroatoms. The molecule has 1 heterocycles. The van der Waals surface area contributed by atoms with Gasteiger partial charge in [-0.15, -0.1) is 0 Å². The molecule has 0 bridgehead atoms. The molecular weight excluding hydrogens is 320 g/mol. The maximum atomic E-state index is 9.10. The standard InChI is InChI=1S/C15H19BrN2O2/c1-9-7-11(12(20-4)8-10(9)2)14-15(16)17-13(5-6-19)18(14)3/h7-8,19H,5-6H2,1-4H3. The quantitative estimate of drug-likeness (QED) is 0.932. The molecule has 1 aromatic carbocycles. The Morgan fingerprint density at radius 1 is 1.30 bits per heavy atom. The Balaban J connectivity index is 2.65. The highest BCUT2D eigenvalue weighted by Gasteiger charge is 2.18. The van der Waals surface area contributed by atoms with Crippen molar-refractivity contribution < 1.29 is 9.84 Å². The van der Waals surface area contributed by atoms with Gasteiger partial charge in [-0.1, -0.05) is 0 Å². The summed E-state index contributed by atoms with van der Waals surface area (Å²) in [5, 5.41) is 9.10. The largest absolute Gasteiger partial charge is 0.496 e. The lowest BCUT2D eigenvalue weighted by molar-refractivity contribution is 0.295. The SMILES string of the molecule is COc1cc(C)c(C)cc1-c1c(Br)nc(CCO)n1C. The highest BCUT2D eigenvalue weighted by atomic mass is 79.9. The van der Waals surface area contributed by atoms with Gasteiger partial charge in [-0.05, 0) is 53.0 Å². The summed E-state index contributed by atoms with van der Waals surface area (Å²) < 4.78 is 8.26. The van der Waals surface area contributed by atoms with Crippen LogP contribution >= 0.6 is 15.9 Å². The molecule has 0 aliphatic carbocycles. The van der Waals surface area contributed by atoms with Crippen molar-refractivity contribution in [2.45, 2.75) is 20.3 Å². The molecule has 0 radical (unpaired) electrons. The van der Waals surface area contributed by atoms with E-state index >= 15 is 0 Å². The Morgan fingerprint density at radius 3 is 2.55 bits per heavy atom. The molecule has 2 aromatic rings. The summed E-state index contributed by atoms with van der Waals surface area (Å²) in [6, 6.07) is 4.15. The molecular formula is C15H19BrN2O2. The van der Waals surface area contributed by atoms with Crippen molar-refractivity contribution in [1.29, 1.82) is 0 Å². The van der Waals surface area contributed by atoms with Crippen molar-refractivity contribution in [3.63, 3.8) is 0 Å². The van der Waals surface area contributed by atoms with Gasteiger partial charge in [0.1, 0.15) is 16.2 Å². The maximum absolute atomic E-state index is 9.10. The van der Waals surface area contributed by atoms with Crippen LogP contribution in [0.2, 0.25) is 0 Å². The normalized spacial score (nSPS) is 10.9. The minimum absolute atomic E-state index is 0.0841. The van der Waals surface area contributed by atoms with Crippen LogP contribution in [0.15, 0.2) is 16.7 Å². The van der Waals surface area contributed by atoms with Crippen molar-refractivity contribution in [3.05, 3.63) is 33.7 Å². The fourth-order valence-corrected chi connectivity index (χ4v) is 2.95. The minimum Gasteiger partial charge on any atom is -0.496 e. The summed E-state index contributed by atoms with van der Waals surface area (Å²) >= 11 is 3.51. The predicted octanol–water partition coefficient (Wildman–Crippen LogP) is 3.01. The molecule has 108 valence electrons. The van der Waals surface area contributed by atoms with Crippen LogP contribution in [-0.2, 0) is 13.5 Å². The first-order valence-electron chi connectivity index (χ1n) is 6.47. The van der Waals surface area contributed by atoms with Gasteiger partial charge in [-0.3, -0.25) is 0 Å². The monoisotopic (exact) mass is 338 g/mol. The van der Waals surface area contributed by atoms with Crippen molar-refractivity contribution in [3.8, 4) is 17.0 Å². The van der Waals surface area contributed by atoms with Crippen molar-refractivity contribution in [1.82, 2.24) is 9.55 Å². The number of imidazole rings is 1. The zero-order valence-corrected chi connectivity index (χ0v) is 13.8. The number of aromatic nitrogens is 2. The fourth-order valence-electron chi connectivity index (χ4n) is 2.27. The third-order valence-corrected chi connectivity index (χ3v) is 4.10. The molecule has 2 rings (SSSR count). The first kappa shape index (κ1) is 15.1. The molecule has 0 saturated heterocycles. The van der Waals surface area contributed by atoms with E-state index in [0.29, 0.717) is 6.42 Å². The number of benzene rings is 1. The lowest BCUT2D eigenvalue weighted by Gasteiger charge is -2.13. The minimum atomic E-state index is 0.0841. The van der Waals surface area contributed by atoms with E-state index in [1.165, 1.54) is 11.1 Å². The second-order valence-corrected chi connectivity index (χ2v) is 5.59. The van der Waals surface area contributed by atoms with Gasteiger partial charge in [-0.25, -0.2) is 4.98 Å². The Kier molecular flexibility index (Phi) is 4.50. The first-order valence-corrected chi connectivity index (χ1v) is 7.26. The van der Waals surface area contributed by atoms with Crippen LogP contribution in [0.4, 0.5) is 0 Å². The van der Waals surface area contributed by atoms with Crippen molar-refractivity contribution in [2.75, 3.05) is 13.7 Å². The van der Waals surface area contributed by atoms with Gasteiger partial charge in [0.2, 0.25) is 0 Å². The summed E-state index contributed by atoms with van der Waals surface area (Å²) in [7, 11) is 3.62. The number of aliphatic hydroxyl groups excluding tert-OH is 1. The highest BCUT2D eigenvalue weighted by molar-refractivity contribution is 9.10. The van der Waals surface area contributed by atoms with Crippen LogP contribution < -0.4 is 4.74 Å².